The molecular weight excluding hydrogens is 425 g/mol. The van der Waals surface area contributed by atoms with Gasteiger partial charge in [0, 0.05) is 25.2 Å². The molecule has 4 aromatic rings. The molecule has 2 aromatic heterocycles. The first-order chi connectivity index (χ1) is 15.5. The number of piperidine rings is 1. The number of benzene rings is 2. The third-order valence-electron chi connectivity index (χ3n) is 5.80. The Bertz CT molecular complexity index is 1220. The molecular formula is C24H24FN5OS. The van der Waals surface area contributed by atoms with Gasteiger partial charge in [-0.05, 0) is 37.5 Å². The fraction of sp³-hybridized carbons (Fsp3) is 0.292. The number of carbonyl (C=O) groups excluding carboxylic acids is 1. The smallest absolute Gasteiger partial charge is 0.225 e. The van der Waals surface area contributed by atoms with Crippen molar-refractivity contribution in [2.24, 2.45) is 5.92 Å². The van der Waals surface area contributed by atoms with Crippen molar-refractivity contribution in [3.05, 3.63) is 71.7 Å². The number of nitrogens with zero attached hydrogens (tertiary/aromatic N) is 4. The summed E-state index contributed by atoms with van der Waals surface area (Å²) in [5, 5.41) is 8.55. The van der Waals surface area contributed by atoms with Crippen LogP contribution in [-0.4, -0.2) is 33.6 Å². The summed E-state index contributed by atoms with van der Waals surface area (Å²) < 4.78 is 15.2. The van der Waals surface area contributed by atoms with E-state index in [1.807, 2.05) is 16.8 Å². The SMILES string of the molecule is Cc1ccc(-c2cn3nc(N4CCC[C@H](C(=O)NCc5cccc(F)c5)C4)sc3n2)cc1. The largest absolute Gasteiger partial charge is 0.352 e. The van der Waals surface area contributed by atoms with Gasteiger partial charge in [-0.1, -0.05) is 53.3 Å². The second-order valence-electron chi connectivity index (χ2n) is 8.24. The lowest BCUT2D eigenvalue weighted by Gasteiger charge is -2.31. The Hall–Kier alpha value is -3.26. The number of hydrogen-bond acceptors (Lipinski definition) is 5. The lowest BCUT2D eigenvalue weighted by atomic mass is 9.97. The Morgan fingerprint density at radius 1 is 1.25 bits per heavy atom. The number of aryl methyl sites for hydroxylation is 1. The van der Waals surface area contributed by atoms with Crippen LogP contribution in [0.2, 0.25) is 0 Å². The molecule has 8 heteroatoms. The van der Waals surface area contributed by atoms with Crippen LogP contribution >= 0.6 is 11.3 Å². The van der Waals surface area contributed by atoms with Crippen molar-refractivity contribution < 1.29 is 9.18 Å². The second kappa shape index (κ2) is 8.70. The van der Waals surface area contributed by atoms with E-state index >= 15 is 0 Å². The second-order valence-corrected chi connectivity index (χ2v) is 9.17. The molecule has 1 atom stereocenters. The molecule has 0 aliphatic carbocycles. The zero-order valence-corrected chi connectivity index (χ0v) is 18.6. The fourth-order valence-electron chi connectivity index (χ4n) is 4.03. The molecule has 0 unspecified atom stereocenters. The molecule has 1 aliphatic rings. The lowest BCUT2D eigenvalue weighted by Crippen LogP contribution is -2.43. The Balaban J connectivity index is 1.25. The molecule has 0 bridgehead atoms. The fourth-order valence-corrected chi connectivity index (χ4v) is 4.94. The molecule has 5 rings (SSSR count). The maximum atomic E-state index is 13.4. The Labute approximate surface area is 189 Å². The minimum atomic E-state index is -0.292. The quantitative estimate of drug-likeness (QED) is 0.489. The highest BCUT2D eigenvalue weighted by atomic mass is 32.1. The van der Waals surface area contributed by atoms with Crippen molar-refractivity contribution in [2.45, 2.75) is 26.3 Å². The minimum absolute atomic E-state index is 0.00181. The van der Waals surface area contributed by atoms with Crippen molar-refractivity contribution in [1.29, 1.82) is 0 Å². The van der Waals surface area contributed by atoms with Gasteiger partial charge in [-0.15, -0.1) is 5.10 Å². The number of hydrogen-bond donors (Lipinski definition) is 1. The van der Waals surface area contributed by atoms with Crippen LogP contribution in [0.1, 0.15) is 24.0 Å². The number of carbonyl (C=O) groups is 1. The van der Waals surface area contributed by atoms with Gasteiger partial charge in [-0.3, -0.25) is 4.79 Å². The van der Waals surface area contributed by atoms with Crippen LogP contribution in [0.5, 0.6) is 0 Å². The van der Waals surface area contributed by atoms with E-state index in [2.05, 4.69) is 41.4 Å². The monoisotopic (exact) mass is 449 g/mol. The summed E-state index contributed by atoms with van der Waals surface area (Å²) in [6.45, 7) is 3.89. The number of fused-ring (bicyclic) bond motifs is 1. The highest BCUT2D eigenvalue weighted by molar-refractivity contribution is 7.20. The molecule has 1 amide bonds. The van der Waals surface area contributed by atoms with Gasteiger partial charge < -0.3 is 10.2 Å². The van der Waals surface area contributed by atoms with Crippen LogP contribution in [0.25, 0.3) is 16.2 Å². The van der Waals surface area contributed by atoms with Gasteiger partial charge in [-0.25, -0.2) is 13.9 Å². The van der Waals surface area contributed by atoms with E-state index in [0.29, 0.717) is 13.1 Å². The zero-order valence-electron chi connectivity index (χ0n) is 17.8. The van der Waals surface area contributed by atoms with E-state index in [9.17, 15) is 9.18 Å². The maximum absolute atomic E-state index is 13.4. The third-order valence-corrected chi connectivity index (χ3v) is 6.78. The first kappa shape index (κ1) is 20.6. The van der Waals surface area contributed by atoms with Crippen LogP contribution < -0.4 is 10.2 Å². The van der Waals surface area contributed by atoms with Gasteiger partial charge in [0.1, 0.15) is 5.82 Å². The third kappa shape index (κ3) is 4.36. The highest BCUT2D eigenvalue weighted by Gasteiger charge is 2.27. The maximum Gasteiger partial charge on any atom is 0.225 e. The number of imidazole rings is 1. The van der Waals surface area contributed by atoms with Crippen LogP contribution in [0.3, 0.4) is 0 Å². The molecule has 2 aromatic carbocycles. The first-order valence-corrected chi connectivity index (χ1v) is 11.6. The van der Waals surface area contributed by atoms with Gasteiger partial charge >= 0.3 is 0 Å². The average Bonchev–Trinajstić information content (AvgIpc) is 3.38. The molecule has 6 nitrogen and oxygen atoms in total. The van der Waals surface area contributed by atoms with E-state index in [4.69, 9.17) is 10.1 Å². The zero-order chi connectivity index (χ0) is 22.1. The van der Waals surface area contributed by atoms with Crippen LogP contribution in [0.4, 0.5) is 9.52 Å². The van der Waals surface area contributed by atoms with Crippen molar-refractivity contribution in [3.8, 4) is 11.3 Å². The number of amides is 1. The van der Waals surface area contributed by atoms with Crippen molar-refractivity contribution in [2.75, 3.05) is 18.0 Å². The molecule has 1 N–H and O–H groups in total. The number of nitrogens with one attached hydrogen (secondary N) is 1. The Kier molecular flexibility index (Phi) is 5.61. The van der Waals surface area contributed by atoms with E-state index in [1.165, 1.54) is 17.7 Å². The first-order valence-electron chi connectivity index (χ1n) is 10.8. The number of halogens is 1. The minimum Gasteiger partial charge on any atom is -0.352 e. The molecule has 1 saturated heterocycles. The van der Waals surface area contributed by atoms with Crippen LogP contribution in [0.15, 0.2) is 54.7 Å². The van der Waals surface area contributed by atoms with E-state index < -0.39 is 0 Å². The average molecular weight is 450 g/mol. The van der Waals surface area contributed by atoms with Crippen molar-refractivity contribution in [3.63, 3.8) is 0 Å². The number of aromatic nitrogens is 3. The van der Waals surface area contributed by atoms with Gasteiger partial charge in [0.15, 0.2) is 0 Å². The summed E-state index contributed by atoms with van der Waals surface area (Å²) in [6.07, 6.45) is 3.72. The van der Waals surface area contributed by atoms with Crippen LogP contribution in [0, 0.1) is 18.7 Å². The van der Waals surface area contributed by atoms with E-state index in [-0.39, 0.29) is 17.6 Å². The molecule has 164 valence electrons. The Morgan fingerprint density at radius 3 is 2.88 bits per heavy atom. The standard InChI is InChI=1S/C24H24FN5OS/c1-16-7-9-18(10-8-16)21-15-30-23(27-21)32-24(28-30)29-11-3-5-19(14-29)22(31)26-13-17-4-2-6-20(25)12-17/h2,4,6-10,12,15,19H,3,5,11,13-14H2,1H3,(H,26,31)/t19-/m0/s1. The predicted octanol–water partition coefficient (Wildman–Crippen LogP) is 4.44. The molecule has 1 fully saturated rings. The predicted molar refractivity (Wildman–Crippen MR) is 124 cm³/mol. The highest BCUT2D eigenvalue weighted by Crippen LogP contribution is 2.30. The Morgan fingerprint density at radius 2 is 2.09 bits per heavy atom. The number of anilines is 1. The van der Waals surface area contributed by atoms with E-state index in [0.717, 1.165) is 46.3 Å². The van der Waals surface area contributed by atoms with Gasteiger partial charge in [0.2, 0.25) is 16.0 Å². The molecule has 0 saturated carbocycles. The summed E-state index contributed by atoms with van der Waals surface area (Å²) in [7, 11) is 0. The molecule has 0 spiro atoms. The number of rotatable bonds is 5. The molecule has 32 heavy (non-hydrogen) atoms. The van der Waals surface area contributed by atoms with Crippen molar-refractivity contribution in [1.82, 2.24) is 19.9 Å². The molecule has 3 heterocycles. The van der Waals surface area contributed by atoms with Gasteiger partial charge in [-0.2, -0.15) is 0 Å². The van der Waals surface area contributed by atoms with Crippen LogP contribution in [-0.2, 0) is 11.3 Å². The summed E-state index contributed by atoms with van der Waals surface area (Å²) in [6, 6.07) is 14.6. The summed E-state index contributed by atoms with van der Waals surface area (Å²) in [4.78, 5) is 20.5. The summed E-state index contributed by atoms with van der Waals surface area (Å²) in [5.41, 5.74) is 3.96. The van der Waals surface area contributed by atoms with Gasteiger partial charge in [0.25, 0.3) is 0 Å². The normalized spacial score (nSPS) is 16.4. The summed E-state index contributed by atoms with van der Waals surface area (Å²) in [5.74, 6) is -0.404. The lowest BCUT2D eigenvalue weighted by molar-refractivity contribution is -0.125. The van der Waals surface area contributed by atoms with Gasteiger partial charge in [0.05, 0.1) is 17.8 Å². The molecule has 0 radical (unpaired) electrons. The van der Waals surface area contributed by atoms with Crippen molar-refractivity contribution >= 4 is 27.3 Å². The molecule has 1 aliphatic heterocycles. The van der Waals surface area contributed by atoms with E-state index in [1.54, 1.807) is 17.4 Å². The topological polar surface area (TPSA) is 62.5 Å². The summed E-state index contributed by atoms with van der Waals surface area (Å²) >= 11 is 1.54.